The van der Waals surface area contributed by atoms with E-state index in [4.69, 9.17) is 5.11 Å². The highest BCUT2D eigenvalue weighted by atomic mass is 16.3. The Kier molecular flexibility index (Phi) is 2.88. The molecule has 2 nitrogen and oxygen atoms in total. The number of benzene rings is 1. The molecule has 0 aromatic heterocycles. The Hall–Kier alpha value is -1.28. The lowest BCUT2D eigenvalue weighted by atomic mass is 10.1. The first-order chi connectivity index (χ1) is 5.74. The van der Waals surface area contributed by atoms with Crippen LogP contribution in [0.4, 0.5) is 0 Å². The molecule has 0 aliphatic rings. The molecule has 1 rings (SSSR count). The monoisotopic (exact) mass is 164 g/mol. The van der Waals surface area contributed by atoms with Crippen LogP contribution in [-0.2, 0) is 0 Å². The van der Waals surface area contributed by atoms with Gasteiger partial charge in [0.25, 0.3) is 0 Å². The number of hydrogen-bond acceptors (Lipinski definition) is 2. The van der Waals surface area contributed by atoms with Crippen LogP contribution in [0.2, 0.25) is 0 Å². The van der Waals surface area contributed by atoms with Gasteiger partial charge < -0.3 is 10.2 Å². The number of phenolic OH excluding ortho intramolecular Hbond substituents is 1. The highest BCUT2D eigenvalue weighted by Crippen LogP contribution is 2.19. The molecule has 0 saturated heterocycles. The maximum Gasteiger partial charge on any atom is 0.115 e. The third-order valence-corrected chi connectivity index (χ3v) is 1.67. The number of aromatic hydroxyl groups is 1. The Balaban J connectivity index is 2.74. The van der Waals surface area contributed by atoms with Crippen molar-refractivity contribution in [2.45, 2.75) is 12.5 Å². The number of aliphatic hydroxyl groups is 1. The minimum Gasteiger partial charge on any atom is -0.508 e. The normalized spacial score (nSPS) is 12.4. The van der Waals surface area contributed by atoms with E-state index in [1.165, 1.54) is 0 Å². The first-order valence-electron chi connectivity index (χ1n) is 3.82. The summed E-state index contributed by atoms with van der Waals surface area (Å²) in [6, 6.07) is 6.51. The van der Waals surface area contributed by atoms with Crippen molar-refractivity contribution in [3.8, 4) is 5.75 Å². The highest BCUT2D eigenvalue weighted by molar-refractivity contribution is 5.27. The molecule has 0 unspecified atom stereocenters. The number of phenols is 1. The van der Waals surface area contributed by atoms with E-state index in [1.807, 2.05) is 0 Å². The zero-order valence-corrected chi connectivity index (χ0v) is 6.77. The largest absolute Gasteiger partial charge is 0.508 e. The SMILES string of the molecule is C=CC[C@H](O)c1ccc(O)cc1. The van der Waals surface area contributed by atoms with Crippen LogP contribution >= 0.6 is 0 Å². The first-order valence-corrected chi connectivity index (χ1v) is 3.82. The van der Waals surface area contributed by atoms with Gasteiger partial charge in [-0.25, -0.2) is 0 Å². The van der Waals surface area contributed by atoms with E-state index in [1.54, 1.807) is 30.3 Å². The van der Waals surface area contributed by atoms with Crippen molar-refractivity contribution >= 4 is 0 Å². The zero-order chi connectivity index (χ0) is 8.97. The van der Waals surface area contributed by atoms with Gasteiger partial charge in [0.1, 0.15) is 5.75 Å². The summed E-state index contributed by atoms with van der Waals surface area (Å²) in [5.41, 5.74) is 0.799. The second-order valence-corrected chi connectivity index (χ2v) is 2.63. The molecule has 0 amide bonds. The summed E-state index contributed by atoms with van der Waals surface area (Å²) in [7, 11) is 0. The molecule has 0 saturated carbocycles. The van der Waals surface area contributed by atoms with Crippen LogP contribution in [0.1, 0.15) is 18.1 Å². The van der Waals surface area contributed by atoms with Gasteiger partial charge >= 0.3 is 0 Å². The molecular weight excluding hydrogens is 152 g/mol. The molecule has 0 aliphatic heterocycles. The molecule has 2 N–H and O–H groups in total. The van der Waals surface area contributed by atoms with Gasteiger partial charge in [-0.15, -0.1) is 6.58 Å². The Morgan fingerprint density at radius 2 is 1.92 bits per heavy atom. The molecular formula is C10H12O2. The second-order valence-electron chi connectivity index (χ2n) is 2.63. The van der Waals surface area contributed by atoms with Gasteiger partial charge in [-0.05, 0) is 24.1 Å². The average molecular weight is 164 g/mol. The number of rotatable bonds is 3. The maximum atomic E-state index is 9.46. The van der Waals surface area contributed by atoms with E-state index in [0.717, 1.165) is 5.56 Å². The van der Waals surface area contributed by atoms with E-state index < -0.39 is 6.10 Å². The lowest BCUT2D eigenvalue weighted by molar-refractivity contribution is 0.181. The van der Waals surface area contributed by atoms with Crippen LogP contribution in [0.5, 0.6) is 5.75 Å². The van der Waals surface area contributed by atoms with Crippen LogP contribution in [0.15, 0.2) is 36.9 Å². The molecule has 1 aromatic rings. The van der Waals surface area contributed by atoms with E-state index >= 15 is 0 Å². The molecule has 0 fully saturated rings. The summed E-state index contributed by atoms with van der Waals surface area (Å²) >= 11 is 0. The van der Waals surface area contributed by atoms with Crippen molar-refractivity contribution in [2.75, 3.05) is 0 Å². The van der Waals surface area contributed by atoms with Crippen molar-refractivity contribution in [3.05, 3.63) is 42.5 Å². The molecule has 0 heterocycles. The molecule has 64 valence electrons. The Morgan fingerprint density at radius 1 is 1.33 bits per heavy atom. The quantitative estimate of drug-likeness (QED) is 0.671. The summed E-state index contributed by atoms with van der Waals surface area (Å²) in [6.07, 6.45) is 1.69. The van der Waals surface area contributed by atoms with Crippen LogP contribution in [0, 0.1) is 0 Å². The van der Waals surface area contributed by atoms with Gasteiger partial charge in [0.05, 0.1) is 6.10 Å². The molecule has 1 aromatic carbocycles. The average Bonchev–Trinajstić information content (AvgIpc) is 2.06. The van der Waals surface area contributed by atoms with E-state index in [0.29, 0.717) is 6.42 Å². The van der Waals surface area contributed by atoms with Gasteiger partial charge in [0.15, 0.2) is 0 Å². The third-order valence-electron chi connectivity index (χ3n) is 1.67. The van der Waals surface area contributed by atoms with Crippen molar-refractivity contribution < 1.29 is 10.2 Å². The fraction of sp³-hybridized carbons (Fsp3) is 0.200. The van der Waals surface area contributed by atoms with Crippen molar-refractivity contribution in [2.24, 2.45) is 0 Å². The van der Waals surface area contributed by atoms with Crippen molar-refractivity contribution in [1.82, 2.24) is 0 Å². The summed E-state index contributed by atoms with van der Waals surface area (Å²) < 4.78 is 0. The summed E-state index contributed by atoms with van der Waals surface area (Å²) in [5.74, 6) is 0.213. The van der Waals surface area contributed by atoms with Crippen molar-refractivity contribution in [1.29, 1.82) is 0 Å². The third kappa shape index (κ3) is 2.10. The molecule has 0 aliphatic carbocycles. The maximum absolute atomic E-state index is 9.46. The lowest BCUT2D eigenvalue weighted by Gasteiger charge is -2.07. The molecule has 0 bridgehead atoms. The van der Waals surface area contributed by atoms with E-state index in [-0.39, 0.29) is 5.75 Å². The Morgan fingerprint density at radius 3 is 2.42 bits per heavy atom. The highest BCUT2D eigenvalue weighted by Gasteiger charge is 2.03. The van der Waals surface area contributed by atoms with Crippen molar-refractivity contribution in [3.63, 3.8) is 0 Å². The summed E-state index contributed by atoms with van der Waals surface area (Å²) in [6.45, 7) is 3.53. The summed E-state index contributed by atoms with van der Waals surface area (Å²) in [4.78, 5) is 0. The van der Waals surface area contributed by atoms with Gasteiger partial charge in [0, 0.05) is 0 Å². The molecule has 0 radical (unpaired) electrons. The van der Waals surface area contributed by atoms with E-state index in [9.17, 15) is 5.11 Å². The minimum atomic E-state index is -0.511. The smallest absolute Gasteiger partial charge is 0.115 e. The molecule has 1 atom stereocenters. The summed E-state index contributed by atoms with van der Waals surface area (Å²) in [5, 5.41) is 18.4. The predicted molar refractivity (Wildman–Crippen MR) is 47.9 cm³/mol. The molecule has 0 spiro atoms. The van der Waals surface area contributed by atoms with Crippen LogP contribution in [0.3, 0.4) is 0 Å². The minimum absolute atomic E-state index is 0.213. The number of hydrogen-bond donors (Lipinski definition) is 2. The lowest BCUT2D eigenvalue weighted by Crippen LogP contribution is -1.94. The van der Waals surface area contributed by atoms with Gasteiger partial charge in [-0.2, -0.15) is 0 Å². The fourth-order valence-electron chi connectivity index (χ4n) is 0.990. The van der Waals surface area contributed by atoms with Gasteiger partial charge in [-0.1, -0.05) is 18.2 Å². The fourth-order valence-corrected chi connectivity index (χ4v) is 0.990. The van der Waals surface area contributed by atoms with E-state index in [2.05, 4.69) is 6.58 Å². The first kappa shape index (κ1) is 8.81. The molecule has 2 heteroatoms. The number of aliphatic hydroxyl groups excluding tert-OH is 1. The zero-order valence-electron chi connectivity index (χ0n) is 6.77. The Bertz CT molecular complexity index is 251. The second kappa shape index (κ2) is 3.93. The van der Waals surface area contributed by atoms with Gasteiger partial charge in [-0.3, -0.25) is 0 Å². The Labute approximate surface area is 71.8 Å². The van der Waals surface area contributed by atoms with Gasteiger partial charge in [0.2, 0.25) is 0 Å². The topological polar surface area (TPSA) is 40.5 Å². The van der Waals surface area contributed by atoms with Crippen LogP contribution < -0.4 is 0 Å². The van der Waals surface area contributed by atoms with Crippen LogP contribution in [0.25, 0.3) is 0 Å². The van der Waals surface area contributed by atoms with Crippen LogP contribution in [-0.4, -0.2) is 10.2 Å². The molecule has 12 heavy (non-hydrogen) atoms. The standard InChI is InChI=1S/C10H12O2/c1-2-3-10(12)8-4-6-9(11)7-5-8/h2,4-7,10-12H,1,3H2/t10-/m0/s1. The predicted octanol–water partition coefficient (Wildman–Crippen LogP) is 2.00.